The molecule has 0 amide bonds. The van der Waals surface area contributed by atoms with Crippen LogP contribution in [0.3, 0.4) is 0 Å². The molecule has 2 heterocycles. The molecule has 3 rings (SSSR count). The number of pyridine rings is 1. The van der Waals surface area contributed by atoms with E-state index in [9.17, 15) is 10.1 Å². The fraction of sp³-hybridized carbons (Fsp3) is 0.593. The van der Waals surface area contributed by atoms with Gasteiger partial charge in [0.25, 0.3) is 0 Å². The van der Waals surface area contributed by atoms with Crippen molar-refractivity contribution in [3.63, 3.8) is 0 Å². The number of likely N-dealkylation sites (tertiary alicyclic amines) is 1. The van der Waals surface area contributed by atoms with Crippen molar-refractivity contribution in [3.8, 4) is 11.8 Å². The van der Waals surface area contributed by atoms with Crippen LogP contribution in [0.2, 0.25) is 0 Å². The lowest BCUT2D eigenvalue weighted by molar-refractivity contribution is 0.0912. The highest BCUT2D eigenvalue weighted by Gasteiger charge is 2.29. The molecule has 2 atom stereocenters. The fourth-order valence-corrected chi connectivity index (χ4v) is 4.97. The van der Waals surface area contributed by atoms with Crippen molar-refractivity contribution in [3.05, 3.63) is 36.0 Å². The zero-order valence-electron chi connectivity index (χ0n) is 19.7. The number of methoxy groups -OCH3 is 1. The van der Waals surface area contributed by atoms with Gasteiger partial charge >= 0.3 is 0 Å². The van der Waals surface area contributed by atoms with Gasteiger partial charge in [-0.25, -0.2) is 0 Å². The molecule has 5 nitrogen and oxygen atoms in total. The van der Waals surface area contributed by atoms with Gasteiger partial charge in [0.2, 0.25) is 0 Å². The van der Waals surface area contributed by atoms with Gasteiger partial charge in [0.1, 0.15) is 5.75 Å². The quantitative estimate of drug-likeness (QED) is 0.301. The maximum absolute atomic E-state index is 13.1. The van der Waals surface area contributed by atoms with Crippen LogP contribution < -0.4 is 4.74 Å². The number of unbranched alkanes of at least 4 members (excludes halogenated alkanes) is 4. The first-order valence-electron chi connectivity index (χ1n) is 12.2. The number of ether oxygens (including phenoxy) is 1. The third-order valence-corrected chi connectivity index (χ3v) is 6.90. The maximum Gasteiger partial charge on any atom is 0.163 e. The normalized spacial score (nSPS) is 19.0. The predicted octanol–water partition coefficient (Wildman–Crippen LogP) is 6.03. The summed E-state index contributed by atoms with van der Waals surface area (Å²) in [7, 11) is 1.63. The lowest BCUT2D eigenvalue weighted by atomic mass is 9.80. The minimum Gasteiger partial charge on any atom is -0.497 e. The number of rotatable bonds is 12. The Labute approximate surface area is 192 Å². The van der Waals surface area contributed by atoms with Crippen molar-refractivity contribution in [1.82, 2.24) is 9.88 Å². The Morgan fingerprint density at radius 3 is 2.84 bits per heavy atom. The van der Waals surface area contributed by atoms with Gasteiger partial charge in [-0.05, 0) is 68.5 Å². The predicted molar refractivity (Wildman–Crippen MR) is 129 cm³/mol. The molecule has 172 valence electrons. The smallest absolute Gasteiger partial charge is 0.163 e. The van der Waals surface area contributed by atoms with Crippen molar-refractivity contribution in [2.24, 2.45) is 11.8 Å². The van der Waals surface area contributed by atoms with Gasteiger partial charge in [-0.3, -0.25) is 9.78 Å². The third-order valence-electron chi connectivity index (χ3n) is 6.90. The number of ketones is 1. The van der Waals surface area contributed by atoms with Crippen LogP contribution in [0.5, 0.6) is 5.75 Å². The van der Waals surface area contributed by atoms with Crippen molar-refractivity contribution in [1.29, 1.82) is 5.26 Å². The fourth-order valence-electron chi connectivity index (χ4n) is 4.97. The number of hydrogen-bond acceptors (Lipinski definition) is 5. The first kappa shape index (κ1) is 24.2. The van der Waals surface area contributed by atoms with Crippen LogP contribution in [0.1, 0.15) is 75.1 Å². The Balaban J connectivity index is 1.57. The van der Waals surface area contributed by atoms with E-state index in [1.807, 2.05) is 24.3 Å². The number of aromatic nitrogens is 1. The van der Waals surface area contributed by atoms with Crippen molar-refractivity contribution >= 4 is 16.7 Å². The molecule has 1 saturated heterocycles. The Hall–Kier alpha value is -2.45. The lowest BCUT2D eigenvalue weighted by Gasteiger charge is -2.38. The molecule has 1 aromatic heterocycles. The molecule has 0 bridgehead atoms. The first-order valence-corrected chi connectivity index (χ1v) is 12.2. The topological polar surface area (TPSA) is 66.2 Å². The maximum atomic E-state index is 13.1. The number of Topliss-reactive ketones (excluding diaryl/α,β-unsaturated/α-hetero) is 1. The summed E-state index contributed by atoms with van der Waals surface area (Å²) in [4.78, 5) is 20.0. The lowest BCUT2D eigenvalue weighted by Crippen LogP contribution is -2.41. The summed E-state index contributed by atoms with van der Waals surface area (Å²) >= 11 is 0. The monoisotopic (exact) mass is 435 g/mol. The number of carbonyl (C=O) groups is 1. The first-order chi connectivity index (χ1) is 15.7. The molecule has 0 spiro atoms. The van der Waals surface area contributed by atoms with Gasteiger partial charge in [-0.15, -0.1) is 0 Å². The number of carbonyl (C=O) groups excluding carboxylic acids is 1. The summed E-state index contributed by atoms with van der Waals surface area (Å²) < 4.78 is 5.34. The third kappa shape index (κ3) is 6.53. The summed E-state index contributed by atoms with van der Waals surface area (Å²) in [6, 6.07) is 9.87. The van der Waals surface area contributed by atoms with E-state index in [0.29, 0.717) is 24.7 Å². The standard InChI is InChI=1S/C27H37N3O2/c1-3-4-5-6-7-17-30-18-14-21(22(20-30)12-15-28)8-11-27(31)24-13-16-29-26-10-9-23(32-2)19-25(24)26/h9-10,13,16,19,21-22H,3-8,11-12,14,17-18,20H2,1-2H3/t21-,22+/m1/s1. The SMILES string of the molecule is CCCCCCCN1CC[C@@H](CCC(=O)c2ccnc3ccc(OC)cc23)[C@@H](CC#N)C1. The highest BCUT2D eigenvalue weighted by Crippen LogP contribution is 2.31. The number of piperidine rings is 1. The second kappa shape index (κ2) is 12.6. The molecule has 1 fully saturated rings. The molecule has 0 radical (unpaired) electrons. The Morgan fingerprint density at radius 2 is 2.06 bits per heavy atom. The number of nitriles is 1. The van der Waals surface area contributed by atoms with Crippen LogP contribution in [0.4, 0.5) is 0 Å². The van der Waals surface area contributed by atoms with Crippen molar-refractivity contribution in [2.75, 3.05) is 26.7 Å². The van der Waals surface area contributed by atoms with Crippen LogP contribution in [-0.4, -0.2) is 42.4 Å². The summed E-state index contributed by atoms with van der Waals surface area (Å²) in [5.41, 5.74) is 1.53. The average molecular weight is 436 g/mol. The Morgan fingerprint density at radius 1 is 1.22 bits per heavy atom. The number of hydrogen-bond donors (Lipinski definition) is 0. The molecule has 5 heteroatoms. The van der Waals surface area contributed by atoms with Crippen LogP contribution in [0.25, 0.3) is 10.9 Å². The van der Waals surface area contributed by atoms with Crippen LogP contribution in [0.15, 0.2) is 30.5 Å². The zero-order valence-corrected chi connectivity index (χ0v) is 19.7. The molecule has 0 aliphatic carbocycles. The van der Waals surface area contributed by atoms with Gasteiger partial charge in [-0.2, -0.15) is 5.26 Å². The van der Waals surface area contributed by atoms with E-state index in [0.717, 1.165) is 54.7 Å². The molecular weight excluding hydrogens is 398 g/mol. The molecular formula is C27H37N3O2. The Bertz CT molecular complexity index is 921. The van der Waals surface area contributed by atoms with E-state index in [4.69, 9.17) is 4.74 Å². The number of fused-ring (bicyclic) bond motifs is 1. The highest BCUT2D eigenvalue weighted by molar-refractivity contribution is 6.07. The van der Waals surface area contributed by atoms with E-state index < -0.39 is 0 Å². The minimum atomic E-state index is 0.153. The summed E-state index contributed by atoms with van der Waals surface area (Å²) in [6.07, 6.45) is 11.2. The van der Waals surface area contributed by atoms with E-state index in [2.05, 4.69) is 22.9 Å². The van der Waals surface area contributed by atoms with Gasteiger partial charge in [0.15, 0.2) is 5.78 Å². The summed E-state index contributed by atoms with van der Waals surface area (Å²) in [5, 5.41) is 10.2. The average Bonchev–Trinajstić information content (AvgIpc) is 2.82. The van der Waals surface area contributed by atoms with E-state index in [1.54, 1.807) is 13.3 Å². The second-order valence-electron chi connectivity index (χ2n) is 9.09. The molecule has 1 aromatic carbocycles. The molecule has 1 aliphatic heterocycles. The zero-order chi connectivity index (χ0) is 22.8. The summed E-state index contributed by atoms with van der Waals surface area (Å²) in [6.45, 7) is 5.47. The van der Waals surface area contributed by atoms with Gasteiger partial charge in [-0.1, -0.05) is 32.6 Å². The highest BCUT2D eigenvalue weighted by atomic mass is 16.5. The molecule has 0 N–H and O–H groups in total. The number of benzene rings is 1. The van der Waals surface area contributed by atoms with E-state index in [1.165, 1.54) is 32.1 Å². The van der Waals surface area contributed by atoms with Gasteiger partial charge in [0.05, 0.1) is 18.7 Å². The number of nitrogens with zero attached hydrogens (tertiary/aromatic N) is 3. The summed E-state index contributed by atoms with van der Waals surface area (Å²) in [5.74, 6) is 1.69. The molecule has 0 saturated carbocycles. The van der Waals surface area contributed by atoms with E-state index in [-0.39, 0.29) is 5.78 Å². The minimum absolute atomic E-state index is 0.153. The molecule has 32 heavy (non-hydrogen) atoms. The molecule has 1 aliphatic rings. The van der Waals surface area contributed by atoms with Crippen LogP contribution >= 0.6 is 0 Å². The second-order valence-corrected chi connectivity index (χ2v) is 9.09. The molecule has 0 unspecified atom stereocenters. The van der Waals surface area contributed by atoms with Crippen LogP contribution in [-0.2, 0) is 0 Å². The van der Waals surface area contributed by atoms with Gasteiger partial charge < -0.3 is 9.64 Å². The van der Waals surface area contributed by atoms with Crippen molar-refractivity contribution in [2.45, 2.75) is 64.7 Å². The van der Waals surface area contributed by atoms with Crippen LogP contribution in [0, 0.1) is 23.2 Å². The van der Waals surface area contributed by atoms with E-state index >= 15 is 0 Å². The van der Waals surface area contributed by atoms with Crippen molar-refractivity contribution < 1.29 is 9.53 Å². The molecule has 2 aromatic rings. The largest absolute Gasteiger partial charge is 0.497 e. The Kier molecular flexibility index (Phi) is 9.49. The van der Waals surface area contributed by atoms with Gasteiger partial charge in [0, 0.05) is 36.5 Å².